The molecule has 0 saturated carbocycles. The molecule has 16 heavy (non-hydrogen) atoms. The summed E-state index contributed by atoms with van der Waals surface area (Å²) in [5.74, 6) is 0. The topological polar surface area (TPSA) is 0 Å². The Kier molecular flexibility index (Phi) is 14.0. The molecule has 0 heteroatoms. The lowest BCUT2D eigenvalue weighted by atomic mass is 10.1. The number of rotatable bonds is 11. The van der Waals surface area contributed by atoms with Crippen molar-refractivity contribution in [1.29, 1.82) is 0 Å². The first-order chi connectivity index (χ1) is 7.91. The van der Waals surface area contributed by atoms with Gasteiger partial charge in [-0.15, -0.1) is 0 Å². The molecule has 0 aliphatic rings. The molecular formula is C16H29. The smallest absolute Gasteiger partial charge is 0.0169 e. The summed E-state index contributed by atoms with van der Waals surface area (Å²) >= 11 is 0. The van der Waals surface area contributed by atoms with Crippen LogP contribution in [0.15, 0.2) is 24.3 Å². The van der Waals surface area contributed by atoms with Crippen LogP contribution in [0.4, 0.5) is 0 Å². The average Bonchev–Trinajstić information content (AvgIpc) is 2.31. The van der Waals surface area contributed by atoms with E-state index in [2.05, 4.69) is 38.2 Å². The Hall–Kier alpha value is -0.520. The van der Waals surface area contributed by atoms with Crippen LogP contribution in [0.3, 0.4) is 0 Å². The minimum absolute atomic E-state index is 1.09. The van der Waals surface area contributed by atoms with E-state index in [-0.39, 0.29) is 0 Å². The molecule has 0 aromatic carbocycles. The molecule has 0 aromatic rings. The highest BCUT2D eigenvalue weighted by Crippen LogP contribution is 2.04. The quantitative estimate of drug-likeness (QED) is 0.303. The van der Waals surface area contributed by atoms with E-state index in [0.717, 1.165) is 12.8 Å². The van der Waals surface area contributed by atoms with Gasteiger partial charge < -0.3 is 0 Å². The van der Waals surface area contributed by atoms with Gasteiger partial charge in [-0.25, -0.2) is 0 Å². The van der Waals surface area contributed by atoms with Crippen LogP contribution in [0.25, 0.3) is 0 Å². The molecule has 0 aliphatic heterocycles. The molecule has 0 unspecified atom stereocenters. The van der Waals surface area contributed by atoms with Gasteiger partial charge in [-0.2, -0.15) is 0 Å². The van der Waals surface area contributed by atoms with Crippen molar-refractivity contribution < 1.29 is 0 Å². The summed E-state index contributed by atoms with van der Waals surface area (Å²) in [5, 5.41) is 0. The van der Waals surface area contributed by atoms with Gasteiger partial charge in [0.05, 0.1) is 0 Å². The molecule has 0 spiro atoms. The predicted octanol–water partition coefficient (Wildman–Crippen LogP) is 5.85. The Morgan fingerprint density at radius 3 is 1.94 bits per heavy atom. The van der Waals surface area contributed by atoms with Gasteiger partial charge in [-0.05, 0) is 32.1 Å². The zero-order valence-electron chi connectivity index (χ0n) is 11.1. The zero-order chi connectivity index (χ0) is 11.9. The van der Waals surface area contributed by atoms with Crippen LogP contribution in [0.5, 0.6) is 0 Å². The molecule has 0 aliphatic carbocycles. The van der Waals surface area contributed by atoms with E-state index in [4.69, 9.17) is 0 Å². The normalized spacial score (nSPS) is 11.9. The number of allylic oxidation sites excluding steroid dienone is 4. The monoisotopic (exact) mass is 221 g/mol. The van der Waals surface area contributed by atoms with Gasteiger partial charge in [0, 0.05) is 0 Å². The van der Waals surface area contributed by atoms with Gasteiger partial charge in [-0.1, -0.05) is 70.3 Å². The first kappa shape index (κ1) is 15.5. The van der Waals surface area contributed by atoms with Crippen LogP contribution in [-0.4, -0.2) is 0 Å². The lowest BCUT2D eigenvalue weighted by molar-refractivity contribution is 0.694. The summed E-state index contributed by atoms with van der Waals surface area (Å²) in [5.41, 5.74) is 0. The molecule has 1 radical (unpaired) electrons. The van der Waals surface area contributed by atoms with Crippen molar-refractivity contribution in [2.75, 3.05) is 0 Å². The maximum Gasteiger partial charge on any atom is -0.0169 e. The Morgan fingerprint density at radius 2 is 1.38 bits per heavy atom. The second kappa shape index (κ2) is 14.5. The predicted molar refractivity (Wildman–Crippen MR) is 75.5 cm³/mol. The summed E-state index contributed by atoms with van der Waals surface area (Å²) in [4.78, 5) is 0. The van der Waals surface area contributed by atoms with Crippen molar-refractivity contribution >= 4 is 0 Å². The second-order valence-corrected chi connectivity index (χ2v) is 4.38. The number of hydrogen-bond acceptors (Lipinski definition) is 0. The lowest BCUT2D eigenvalue weighted by Gasteiger charge is -1.93. The third-order valence-corrected chi connectivity index (χ3v) is 2.70. The summed E-state index contributed by atoms with van der Waals surface area (Å²) in [6, 6.07) is 0. The molecule has 0 bridgehead atoms. The van der Waals surface area contributed by atoms with Crippen molar-refractivity contribution in [2.24, 2.45) is 0 Å². The van der Waals surface area contributed by atoms with Gasteiger partial charge in [-0.3, -0.25) is 0 Å². The zero-order valence-corrected chi connectivity index (χ0v) is 11.1. The Labute approximate surface area is 103 Å². The minimum atomic E-state index is 1.09. The molecule has 0 fully saturated rings. The molecule has 0 N–H and O–H groups in total. The van der Waals surface area contributed by atoms with Gasteiger partial charge >= 0.3 is 0 Å². The van der Waals surface area contributed by atoms with Gasteiger partial charge in [0.25, 0.3) is 0 Å². The Morgan fingerprint density at radius 1 is 0.750 bits per heavy atom. The summed E-state index contributed by atoms with van der Waals surface area (Å²) in [7, 11) is 0. The molecular weight excluding hydrogens is 192 g/mol. The summed E-state index contributed by atoms with van der Waals surface area (Å²) < 4.78 is 0. The fraction of sp³-hybridized carbons (Fsp3) is 0.688. The van der Waals surface area contributed by atoms with Crippen LogP contribution in [0, 0.1) is 6.92 Å². The van der Waals surface area contributed by atoms with E-state index in [1.165, 1.54) is 51.4 Å². The van der Waals surface area contributed by atoms with Crippen LogP contribution in [0.1, 0.15) is 71.1 Å². The van der Waals surface area contributed by atoms with E-state index in [0.29, 0.717) is 0 Å². The summed E-state index contributed by atoms with van der Waals surface area (Å²) in [6.45, 7) is 6.10. The van der Waals surface area contributed by atoms with Crippen LogP contribution >= 0.6 is 0 Å². The third-order valence-electron chi connectivity index (χ3n) is 2.70. The molecule has 0 nitrogen and oxygen atoms in total. The first-order valence-corrected chi connectivity index (χ1v) is 7.01. The maximum atomic E-state index is 3.85. The van der Waals surface area contributed by atoms with Crippen molar-refractivity contribution in [3.63, 3.8) is 0 Å². The number of unbranched alkanes of at least 4 members (excludes halogenated alkanes) is 7. The van der Waals surface area contributed by atoms with Crippen LogP contribution in [-0.2, 0) is 0 Å². The molecule has 0 saturated heterocycles. The largest absolute Gasteiger partial charge is 0.0882 e. The molecule has 0 heterocycles. The van der Waals surface area contributed by atoms with Crippen molar-refractivity contribution in [3.05, 3.63) is 31.2 Å². The molecule has 0 atom stereocenters. The van der Waals surface area contributed by atoms with Gasteiger partial charge in [0.1, 0.15) is 0 Å². The Balaban J connectivity index is 3.14. The summed E-state index contributed by atoms with van der Waals surface area (Å²) in [6.07, 6.45) is 21.9. The lowest BCUT2D eigenvalue weighted by Crippen LogP contribution is -1.73. The SMILES string of the molecule is [CH2]CCCCCC=CCC=CCCCCC. The Bertz CT molecular complexity index is 165. The van der Waals surface area contributed by atoms with E-state index >= 15 is 0 Å². The van der Waals surface area contributed by atoms with E-state index in [1.54, 1.807) is 0 Å². The van der Waals surface area contributed by atoms with E-state index in [9.17, 15) is 0 Å². The van der Waals surface area contributed by atoms with Gasteiger partial charge in [0.15, 0.2) is 0 Å². The van der Waals surface area contributed by atoms with Crippen molar-refractivity contribution in [3.8, 4) is 0 Å². The maximum absolute atomic E-state index is 3.85. The third kappa shape index (κ3) is 13.5. The molecule has 93 valence electrons. The molecule has 0 amide bonds. The van der Waals surface area contributed by atoms with Crippen LogP contribution < -0.4 is 0 Å². The fourth-order valence-corrected chi connectivity index (χ4v) is 1.63. The highest BCUT2D eigenvalue weighted by Gasteiger charge is 1.84. The average molecular weight is 221 g/mol. The van der Waals surface area contributed by atoms with Crippen LogP contribution in [0.2, 0.25) is 0 Å². The minimum Gasteiger partial charge on any atom is -0.0882 e. The second-order valence-electron chi connectivity index (χ2n) is 4.38. The first-order valence-electron chi connectivity index (χ1n) is 7.01. The number of hydrogen-bond donors (Lipinski definition) is 0. The fourth-order valence-electron chi connectivity index (χ4n) is 1.63. The molecule has 0 rings (SSSR count). The van der Waals surface area contributed by atoms with Crippen molar-refractivity contribution in [2.45, 2.75) is 71.1 Å². The molecule has 0 aromatic heterocycles. The van der Waals surface area contributed by atoms with E-state index < -0.39 is 0 Å². The van der Waals surface area contributed by atoms with E-state index in [1.807, 2.05) is 0 Å². The highest BCUT2D eigenvalue weighted by atomic mass is 13.9. The van der Waals surface area contributed by atoms with Gasteiger partial charge in [0.2, 0.25) is 0 Å². The highest BCUT2D eigenvalue weighted by molar-refractivity contribution is 4.92. The van der Waals surface area contributed by atoms with Crippen molar-refractivity contribution in [1.82, 2.24) is 0 Å². The standard InChI is InChI=1S/C16H29/c1-3-5-7-9-11-13-15-16-14-12-10-8-6-4-2/h12-15H,1,3-11,16H2,2H3.